The van der Waals surface area contributed by atoms with Gasteiger partial charge in [-0.1, -0.05) is 22.9 Å². The number of nitrogens with zero attached hydrogens (tertiary/aromatic N) is 6. The van der Waals surface area contributed by atoms with Crippen LogP contribution < -0.4 is 20.5 Å². The zero-order valence-electron chi connectivity index (χ0n) is 19.4. The number of anilines is 2. The highest BCUT2D eigenvalue weighted by atomic mass is 35.5. The monoisotopic (exact) mass is 527 g/mol. The molecule has 11 nitrogen and oxygen atoms in total. The molecule has 0 unspecified atom stereocenters. The maximum absolute atomic E-state index is 13.3. The number of carbonyl (C=O) groups is 1. The lowest BCUT2D eigenvalue weighted by Gasteiger charge is -2.29. The van der Waals surface area contributed by atoms with Gasteiger partial charge >= 0.3 is 0 Å². The van der Waals surface area contributed by atoms with E-state index in [0.29, 0.717) is 64.2 Å². The minimum absolute atomic E-state index is 0.136. The van der Waals surface area contributed by atoms with Crippen LogP contribution in [0.3, 0.4) is 0 Å². The summed E-state index contributed by atoms with van der Waals surface area (Å²) in [6, 6.07) is 2.83. The van der Waals surface area contributed by atoms with Gasteiger partial charge in [-0.2, -0.15) is 4.98 Å². The second-order valence-corrected chi connectivity index (χ2v) is 9.67. The molecule has 1 fully saturated rings. The topological polar surface area (TPSA) is 135 Å². The van der Waals surface area contributed by atoms with Gasteiger partial charge in [0, 0.05) is 43.5 Å². The molecule has 13 heteroatoms. The number of aliphatic hydroxyl groups excluding tert-OH is 1. The minimum Gasteiger partial charge on any atom is -0.494 e. The summed E-state index contributed by atoms with van der Waals surface area (Å²) in [6.07, 6.45) is 5.66. The number of carbonyl (C=O) groups excluding carboxylic acids is 1. The first-order valence-electron chi connectivity index (χ1n) is 11.1. The maximum atomic E-state index is 13.3. The average Bonchev–Trinajstić information content (AvgIpc) is 3.27. The molecule has 0 saturated carbocycles. The van der Waals surface area contributed by atoms with Gasteiger partial charge in [0.1, 0.15) is 16.4 Å². The van der Waals surface area contributed by atoms with Crippen molar-refractivity contribution >= 4 is 50.3 Å². The molecule has 0 radical (unpaired) electrons. The van der Waals surface area contributed by atoms with Gasteiger partial charge in [-0.15, -0.1) is 0 Å². The average molecular weight is 528 g/mol. The third kappa shape index (κ3) is 4.74. The van der Waals surface area contributed by atoms with Crippen LogP contribution in [0.1, 0.15) is 23.2 Å². The number of methoxy groups -OCH3 is 1. The maximum Gasteiger partial charge on any atom is 0.258 e. The van der Waals surface area contributed by atoms with Crippen molar-refractivity contribution in [3.63, 3.8) is 0 Å². The number of rotatable bonds is 5. The standard InChI is InChI=1S/C23H22ClN7O4S/c1-30-11-15(13-7-18(24)25-10-17(13)35-2)14(8-19(30)33)20(34)28-23-27-16-9-26-22(29-21(16)36-23)31-5-3-12(32)4-6-31/h7-12,32H,3-6H2,1-2H3,(H,27,28,34). The van der Waals surface area contributed by atoms with Crippen LogP contribution >= 0.6 is 22.9 Å². The number of thiazole rings is 1. The second kappa shape index (κ2) is 9.80. The number of aromatic nitrogens is 5. The largest absolute Gasteiger partial charge is 0.494 e. The molecule has 0 atom stereocenters. The first-order valence-corrected chi connectivity index (χ1v) is 12.3. The highest BCUT2D eigenvalue weighted by molar-refractivity contribution is 7.22. The van der Waals surface area contributed by atoms with E-state index in [1.54, 1.807) is 25.5 Å². The van der Waals surface area contributed by atoms with Crippen LogP contribution in [-0.4, -0.2) is 61.8 Å². The number of hydrogen-bond donors (Lipinski definition) is 2. The predicted octanol–water partition coefficient (Wildman–Crippen LogP) is 2.72. The van der Waals surface area contributed by atoms with Gasteiger partial charge in [-0.25, -0.2) is 15.0 Å². The number of amides is 1. The Morgan fingerprint density at radius 2 is 1.97 bits per heavy atom. The quantitative estimate of drug-likeness (QED) is 0.375. The van der Waals surface area contributed by atoms with Crippen molar-refractivity contribution in [1.82, 2.24) is 24.5 Å². The molecule has 0 aliphatic carbocycles. The van der Waals surface area contributed by atoms with Crippen molar-refractivity contribution in [2.75, 3.05) is 30.4 Å². The van der Waals surface area contributed by atoms with Crippen molar-refractivity contribution in [3.8, 4) is 16.9 Å². The molecule has 186 valence electrons. The molecular formula is C23H22ClN7O4S. The Kier molecular flexibility index (Phi) is 6.56. The van der Waals surface area contributed by atoms with Crippen LogP contribution in [-0.2, 0) is 7.05 Å². The van der Waals surface area contributed by atoms with Gasteiger partial charge in [-0.3, -0.25) is 14.9 Å². The van der Waals surface area contributed by atoms with E-state index in [1.165, 1.54) is 35.3 Å². The highest BCUT2D eigenvalue weighted by Gasteiger charge is 2.22. The number of halogens is 1. The number of fused-ring (bicyclic) bond motifs is 1. The molecule has 0 aromatic carbocycles. The number of hydrogen-bond acceptors (Lipinski definition) is 10. The fourth-order valence-electron chi connectivity index (χ4n) is 3.99. The van der Waals surface area contributed by atoms with E-state index >= 15 is 0 Å². The van der Waals surface area contributed by atoms with Gasteiger partial charge in [-0.05, 0) is 18.9 Å². The van der Waals surface area contributed by atoms with Gasteiger partial charge in [0.2, 0.25) is 5.95 Å². The third-order valence-electron chi connectivity index (χ3n) is 5.92. The first-order chi connectivity index (χ1) is 17.3. The zero-order chi connectivity index (χ0) is 25.4. The molecule has 0 bridgehead atoms. The molecule has 1 saturated heterocycles. The molecule has 2 N–H and O–H groups in total. The Balaban J connectivity index is 1.46. The molecule has 0 spiro atoms. The van der Waals surface area contributed by atoms with Crippen molar-refractivity contribution in [2.24, 2.45) is 7.05 Å². The molecular weight excluding hydrogens is 506 g/mol. The molecule has 4 aromatic rings. The summed E-state index contributed by atoms with van der Waals surface area (Å²) in [5, 5.41) is 13.1. The van der Waals surface area contributed by atoms with Crippen LogP contribution in [0.5, 0.6) is 5.75 Å². The van der Waals surface area contributed by atoms with Crippen molar-refractivity contribution in [2.45, 2.75) is 18.9 Å². The fraction of sp³-hybridized carbons (Fsp3) is 0.304. The Hall–Kier alpha value is -3.61. The van der Waals surface area contributed by atoms with Gasteiger partial charge in [0.25, 0.3) is 11.5 Å². The van der Waals surface area contributed by atoms with Crippen LogP contribution in [0.4, 0.5) is 11.1 Å². The normalized spacial score (nSPS) is 14.3. The molecule has 1 aliphatic rings. The minimum atomic E-state index is -0.519. The summed E-state index contributed by atoms with van der Waals surface area (Å²) in [4.78, 5) is 45.8. The summed E-state index contributed by atoms with van der Waals surface area (Å²) < 4.78 is 6.77. The Bertz CT molecular complexity index is 1510. The zero-order valence-corrected chi connectivity index (χ0v) is 21.0. The van der Waals surface area contributed by atoms with Crippen molar-refractivity contribution in [3.05, 3.63) is 51.8 Å². The number of pyridine rings is 2. The van der Waals surface area contributed by atoms with Gasteiger partial charge in [0.15, 0.2) is 9.96 Å². The second-order valence-electron chi connectivity index (χ2n) is 8.31. The summed E-state index contributed by atoms with van der Waals surface area (Å²) in [7, 11) is 3.08. The van der Waals surface area contributed by atoms with Crippen LogP contribution in [0.2, 0.25) is 5.15 Å². The fourth-order valence-corrected chi connectivity index (χ4v) is 4.94. The lowest BCUT2D eigenvalue weighted by molar-refractivity contribution is 0.102. The van der Waals surface area contributed by atoms with Crippen LogP contribution in [0, 0.1) is 0 Å². The SMILES string of the molecule is COc1cnc(Cl)cc1-c1cn(C)c(=O)cc1C(=O)Nc1nc2cnc(N3CCC(O)CC3)nc2s1. The molecule has 4 aromatic heterocycles. The summed E-state index contributed by atoms with van der Waals surface area (Å²) in [5.74, 6) is 0.446. The van der Waals surface area contributed by atoms with Crippen molar-refractivity contribution in [1.29, 1.82) is 0 Å². The third-order valence-corrected chi connectivity index (χ3v) is 7.01. The summed E-state index contributed by atoms with van der Waals surface area (Å²) in [6.45, 7) is 1.34. The number of ether oxygens (including phenoxy) is 1. The van der Waals surface area contributed by atoms with E-state index in [1.807, 2.05) is 4.90 Å². The smallest absolute Gasteiger partial charge is 0.258 e. The summed E-state index contributed by atoms with van der Waals surface area (Å²) >= 11 is 7.31. The lowest BCUT2D eigenvalue weighted by Crippen LogP contribution is -2.36. The number of aliphatic hydroxyl groups is 1. The van der Waals surface area contributed by atoms with E-state index in [0.717, 1.165) is 0 Å². The van der Waals surface area contributed by atoms with Gasteiger partial charge < -0.3 is 19.3 Å². The van der Waals surface area contributed by atoms with Crippen LogP contribution in [0.15, 0.2) is 35.5 Å². The number of nitrogens with one attached hydrogen (secondary N) is 1. The van der Waals surface area contributed by atoms with E-state index in [9.17, 15) is 14.7 Å². The Morgan fingerprint density at radius 1 is 1.19 bits per heavy atom. The van der Waals surface area contributed by atoms with Crippen molar-refractivity contribution < 1.29 is 14.6 Å². The van der Waals surface area contributed by atoms with E-state index in [-0.39, 0.29) is 22.4 Å². The number of piperidine rings is 1. The summed E-state index contributed by atoms with van der Waals surface area (Å²) in [5.41, 5.74) is 1.30. The predicted molar refractivity (Wildman–Crippen MR) is 137 cm³/mol. The van der Waals surface area contributed by atoms with E-state index < -0.39 is 5.91 Å². The molecule has 1 aliphatic heterocycles. The van der Waals surface area contributed by atoms with E-state index in [4.69, 9.17) is 16.3 Å². The Labute approximate surface area is 214 Å². The molecule has 5 heterocycles. The lowest BCUT2D eigenvalue weighted by atomic mass is 10.0. The van der Waals surface area contributed by atoms with E-state index in [2.05, 4.69) is 25.3 Å². The first kappa shape index (κ1) is 24.1. The van der Waals surface area contributed by atoms with Gasteiger partial charge in [0.05, 0.1) is 31.2 Å². The number of aryl methyl sites for hydroxylation is 1. The highest BCUT2D eigenvalue weighted by Crippen LogP contribution is 2.34. The molecule has 1 amide bonds. The molecule has 5 rings (SSSR count). The van der Waals surface area contributed by atoms with Crippen LogP contribution in [0.25, 0.3) is 21.5 Å². The Morgan fingerprint density at radius 3 is 2.72 bits per heavy atom. The molecule has 36 heavy (non-hydrogen) atoms.